The van der Waals surface area contributed by atoms with Crippen LogP contribution in [-0.4, -0.2) is 189 Å². The van der Waals surface area contributed by atoms with Crippen molar-refractivity contribution < 1.29 is 43.5 Å². The second kappa shape index (κ2) is 27.5. The Bertz CT molecular complexity index is 2270. The summed E-state index contributed by atoms with van der Waals surface area (Å²) in [6.07, 6.45) is 2.14. The van der Waals surface area contributed by atoms with E-state index in [0.717, 1.165) is 0 Å². The van der Waals surface area contributed by atoms with Gasteiger partial charge in [-0.1, -0.05) is 0 Å². The van der Waals surface area contributed by atoms with Crippen LogP contribution >= 0.6 is 0 Å². The Morgan fingerprint density at radius 2 is 1.24 bits per heavy atom. The molecule has 1 aliphatic rings. The zero-order valence-corrected chi connectivity index (χ0v) is 39.7. The first-order valence-electron chi connectivity index (χ1n) is 22.9. The minimum Gasteiger partial charge on any atom is -0.480 e. The van der Waals surface area contributed by atoms with Gasteiger partial charge in [-0.15, -0.1) is 0 Å². The summed E-state index contributed by atoms with van der Waals surface area (Å²) in [7, 11) is 0. The third kappa shape index (κ3) is 19.5. The van der Waals surface area contributed by atoms with Crippen LogP contribution in [0.3, 0.4) is 0 Å². The maximum atomic E-state index is 13.1. The summed E-state index contributed by atoms with van der Waals surface area (Å²) >= 11 is 0. The van der Waals surface area contributed by atoms with E-state index in [2.05, 4.69) is 41.2 Å². The first kappa shape index (κ1) is 54.2. The van der Waals surface area contributed by atoms with E-state index in [-0.39, 0.29) is 104 Å². The molecular formula is C46H66N12O10. The number of anilines is 1. The lowest BCUT2D eigenvalue weighted by Crippen LogP contribution is -2.49. The summed E-state index contributed by atoms with van der Waals surface area (Å²) in [5.41, 5.74) is 1.37. The maximum absolute atomic E-state index is 13.1. The third-order valence-electron chi connectivity index (χ3n) is 11.2. The molecule has 0 saturated carbocycles. The molecule has 1 aliphatic heterocycles. The number of rotatable bonds is 24. The van der Waals surface area contributed by atoms with E-state index in [9.17, 15) is 48.3 Å². The van der Waals surface area contributed by atoms with Crippen molar-refractivity contribution in [3.63, 3.8) is 0 Å². The van der Waals surface area contributed by atoms with Gasteiger partial charge in [0.25, 0.3) is 11.5 Å². The highest BCUT2D eigenvalue weighted by Crippen LogP contribution is 2.13. The van der Waals surface area contributed by atoms with Crippen LogP contribution in [0.4, 0.5) is 5.69 Å². The number of H-pyrrole nitrogens is 1. The van der Waals surface area contributed by atoms with Gasteiger partial charge in [-0.3, -0.25) is 58.0 Å². The summed E-state index contributed by atoms with van der Waals surface area (Å²) < 4.78 is 0. The number of carboxylic acids is 1. The molecule has 68 heavy (non-hydrogen) atoms. The van der Waals surface area contributed by atoms with Crippen molar-refractivity contribution in [3.05, 3.63) is 57.9 Å². The average molecular weight is 947 g/mol. The molecule has 6 N–H and O–H groups in total. The van der Waals surface area contributed by atoms with Gasteiger partial charge < -0.3 is 31.4 Å². The van der Waals surface area contributed by atoms with E-state index in [1.807, 2.05) is 19.6 Å². The van der Waals surface area contributed by atoms with Gasteiger partial charge in [0.2, 0.25) is 11.8 Å². The van der Waals surface area contributed by atoms with Crippen molar-refractivity contribution in [2.24, 2.45) is 0 Å². The predicted molar refractivity (Wildman–Crippen MR) is 252 cm³/mol. The molecule has 1 fully saturated rings. The standard InChI is InChI=1S/C46H66N12O10/c1-30(59)26-55-16-18-56(27-31(2)60)20-22-58(23-21-57(19-17-55)28-32(3)61)29-41(64)47-15-7-6-8-39(46(67)68)53-40(63)14-13-38(33(4)62)54-44(65)35-9-11-36(12-10-35)48-24-37-25-49-43-42(52-37)45(66)51-34(5)50-43/h9-12,25,38-39,48H,6-8,13-24,26-29H2,1-5H3,(H,47,64)(H,53,63)(H,54,65)(H,67,68)(H,49,50,51,66)/t38-,39?/m0/s1. The zero-order chi connectivity index (χ0) is 49.8. The molecule has 2 aromatic heterocycles. The number of carboxylic acid groups (broad SMARTS) is 1. The van der Waals surface area contributed by atoms with E-state index < -0.39 is 35.4 Å². The number of Topliss-reactive ketones (excluding diaryl/α,β-unsaturated/α-hetero) is 4. The van der Waals surface area contributed by atoms with E-state index in [1.165, 1.54) is 33.9 Å². The summed E-state index contributed by atoms with van der Waals surface area (Å²) in [5, 5.41) is 21.0. The van der Waals surface area contributed by atoms with Gasteiger partial charge >= 0.3 is 5.97 Å². The highest BCUT2D eigenvalue weighted by molar-refractivity contribution is 5.98. The lowest BCUT2D eigenvalue weighted by Gasteiger charge is -2.33. The van der Waals surface area contributed by atoms with E-state index in [0.29, 0.717) is 82.4 Å². The summed E-state index contributed by atoms with van der Waals surface area (Å²) in [6.45, 7) is 13.1. The fourth-order valence-electron chi connectivity index (χ4n) is 7.61. The Kier molecular flexibility index (Phi) is 21.9. The Balaban J connectivity index is 1.20. The number of nitrogens with zero attached hydrogens (tertiary/aromatic N) is 7. The quantitative estimate of drug-likeness (QED) is 0.0642. The Labute approximate surface area is 395 Å². The zero-order valence-electron chi connectivity index (χ0n) is 39.7. The molecular weight excluding hydrogens is 881 g/mol. The van der Waals surface area contributed by atoms with Crippen molar-refractivity contribution in [2.75, 3.05) is 90.4 Å². The highest BCUT2D eigenvalue weighted by Gasteiger charge is 2.24. The number of aromatic nitrogens is 4. The van der Waals surface area contributed by atoms with Crippen molar-refractivity contribution in [3.8, 4) is 0 Å². The number of amides is 3. The number of aromatic amines is 1. The number of carbonyl (C=O) groups is 8. The number of hydrogen-bond donors (Lipinski definition) is 6. The van der Waals surface area contributed by atoms with Gasteiger partial charge in [0, 0.05) is 76.6 Å². The molecule has 0 bridgehead atoms. The number of aliphatic carboxylic acids is 1. The summed E-state index contributed by atoms with van der Waals surface area (Å²) in [4.78, 5) is 135. The Morgan fingerprint density at radius 3 is 1.75 bits per heavy atom. The molecule has 4 rings (SSSR count). The number of aryl methyl sites for hydroxylation is 1. The monoisotopic (exact) mass is 947 g/mol. The van der Waals surface area contributed by atoms with Crippen LogP contribution in [0.15, 0.2) is 35.3 Å². The topological polar surface area (TPSA) is 289 Å². The molecule has 22 heteroatoms. The van der Waals surface area contributed by atoms with Gasteiger partial charge in [-0.2, -0.15) is 0 Å². The number of unbranched alkanes of at least 4 members (excludes halogenated alkanes) is 1. The second-order valence-electron chi connectivity index (χ2n) is 17.3. The van der Waals surface area contributed by atoms with Crippen LogP contribution in [0.5, 0.6) is 0 Å². The van der Waals surface area contributed by atoms with Crippen molar-refractivity contribution in [2.45, 2.75) is 85.4 Å². The van der Waals surface area contributed by atoms with Crippen LogP contribution in [-0.2, 0) is 40.1 Å². The van der Waals surface area contributed by atoms with E-state index in [4.69, 9.17) is 0 Å². The highest BCUT2D eigenvalue weighted by atomic mass is 16.4. The molecule has 0 radical (unpaired) electrons. The maximum Gasteiger partial charge on any atom is 0.326 e. The summed E-state index contributed by atoms with van der Waals surface area (Å²) in [6, 6.07) is 4.22. The molecule has 370 valence electrons. The van der Waals surface area contributed by atoms with E-state index in [1.54, 1.807) is 31.2 Å². The number of carbonyl (C=O) groups excluding carboxylic acids is 7. The SMILES string of the molecule is CC(=O)CN1CCN(CC(C)=O)CCN(CC(=O)NCCCCC(NC(=O)CC[C@H](NC(=O)c2ccc(NCc3cnc4nc(C)[nH]c(=O)c4n3)cc2)C(C)=O)C(=O)O)CCN(CC(C)=O)CC1. The van der Waals surface area contributed by atoms with Crippen LogP contribution < -0.4 is 26.8 Å². The first-order chi connectivity index (χ1) is 32.3. The molecule has 0 spiro atoms. The van der Waals surface area contributed by atoms with Gasteiger partial charge in [0.05, 0.1) is 50.7 Å². The molecule has 3 amide bonds. The molecule has 22 nitrogen and oxygen atoms in total. The number of fused-ring (bicyclic) bond motifs is 1. The molecule has 0 aliphatic carbocycles. The average Bonchev–Trinajstić information content (AvgIpc) is 3.26. The predicted octanol–water partition coefficient (Wildman–Crippen LogP) is -0.0543. The van der Waals surface area contributed by atoms with Crippen molar-refractivity contribution in [1.82, 2.24) is 55.5 Å². The molecule has 1 aromatic carbocycles. The van der Waals surface area contributed by atoms with E-state index >= 15 is 0 Å². The number of benzene rings is 1. The number of nitrogens with one attached hydrogen (secondary N) is 5. The number of ketones is 4. The van der Waals surface area contributed by atoms with Crippen LogP contribution in [0.2, 0.25) is 0 Å². The van der Waals surface area contributed by atoms with Crippen LogP contribution in [0.1, 0.15) is 81.7 Å². The normalized spacial score (nSPS) is 15.5. The lowest BCUT2D eigenvalue weighted by atomic mass is 10.1. The van der Waals surface area contributed by atoms with Crippen molar-refractivity contribution in [1.29, 1.82) is 0 Å². The molecule has 3 heterocycles. The minimum absolute atomic E-state index is 0.00974. The van der Waals surface area contributed by atoms with Gasteiger partial charge in [-0.25, -0.2) is 19.7 Å². The smallest absolute Gasteiger partial charge is 0.326 e. The second-order valence-corrected chi connectivity index (χ2v) is 17.3. The third-order valence-corrected chi connectivity index (χ3v) is 11.2. The molecule has 2 atom stereocenters. The largest absolute Gasteiger partial charge is 0.480 e. The Hall–Kier alpha value is -6.36. The molecule has 1 saturated heterocycles. The van der Waals surface area contributed by atoms with Gasteiger partial charge in [0.1, 0.15) is 29.2 Å². The number of hydrogen-bond acceptors (Lipinski definition) is 17. The fraction of sp³-hybridized carbons (Fsp3) is 0.565. The van der Waals surface area contributed by atoms with Gasteiger partial charge in [-0.05, 0) is 84.6 Å². The lowest BCUT2D eigenvalue weighted by molar-refractivity contribution is -0.142. The molecule has 3 aromatic rings. The summed E-state index contributed by atoms with van der Waals surface area (Å²) in [5.74, 6) is -2.50. The van der Waals surface area contributed by atoms with Crippen molar-refractivity contribution >= 4 is 63.7 Å². The van der Waals surface area contributed by atoms with Crippen LogP contribution in [0, 0.1) is 6.92 Å². The molecule has 1 unspecified atom stereocenters. The minimum atomic E-state index is -1.23. The van der Waals surface area contributed by atoms with Gasteiger partial charge in [0.15, 0.2) is 16.9 Å². The first-order valence-corrected chi connectivity index (χ1v) is 22.9. The van der Waals surface area contributed by atoms with Crippen LogP contribution in [0.25, 0.3) is 11.2 Å². The Morgan fingerprint density at radius 1 is 0.691 bits per heavy atom. The fourth-order valence-corrected chi connectivity index (χ4v) is 7.61.